The SMILES string of the molecule is C=C(C(=O)Oc1ccc(C(=O)OC)cc1)C(=O)Oc1ccc(CI)cc1C. The number of hydrogen-bond acceptors (Lipinski definition) is 6. The minimum absolute atomic E-state index is 0.157. The number of carbonyl (C=O) groups is 3. The molecule has 2 aromatic carbocycles. The minimum Gasteiger partial charge on any atom is -0.465 e. The first kappa shape index (κ1) is 20.6. The number of hydrogen-bond donors (Lipinski definition) is 0. The molecular weight excluding hydrogens is 463 g/mol. The van der Waals surface area contributed by atoms with Crippen LogP contribution in [-0.2, 0) is 18.8 Å². The summed E-state index contributed by atoms with van der Waals surface area (Å²) in [5, 5.41) is 0. The van der Waals surface area contributed by atoms with Crippen LogP contribution < -0.4 is 9.47 Å². The summed E-state index contributed by atoms with van der Waals surface area (Å²) in [6, 6.07) is 11.1. The molecule has 0 bridgehead atoms. The van der Waals surface area contributed by atoms with Crippen LogP contribution in [0.25, 0.3) is 0 Å². The quantitative estimate of drug-likeness (QED) is 0.119. The van der Waals surface area contributed by atoms with Crippen molar-refractivity contribution in [1.29, 1.82) is 0 Å². The van der Waals surface area contributed by atoms with Gasteiger partial charge in [-0.1, -0.05) is 41.3 Å². The highest BCUT2D eigenvalue weighted by Crippen LogP contribution is 2.22. The Morgan fingerprint density at radius 2 is 1.63 bits per heavy atom. The summed E-state index contributed by atoms with van der Waals surface area (Å²) in [5.41, 5.74) is 1.74. The summed E-state index contributed by atoms with van der Waals surface area (Å²) < 4.78 is 15.7. The fraction of sp³-hybridized carbons (Fsp3) is 0.150. The molecule has 2 aromatic rings. The normalized spacial score (nSPS) is 10.0. The van der Waals surface area contributed by atoms with E-state index in [1.54, 1.807) is 6.07 Å². The third-order valence-electron chi connectivity index (χ3n) is 3.58. The average molecular weight is 480 g/mol. The van der Waals surface area contributed by atoms with Crippen molar-refractivity contribution in [2.45, 2.75) is 11.4 Å². The third-order valence-corrected chi connectivity index (χ3v) is 4.46. The molecule has 7 heteroatoms. The van der Waals surface area contributed by atoms with Gasteiger partial charge in [0.05, 0.1) is 12.7 Å². The number of alkyl halides is 1. The Morgan fingerprint density at radius 1 is 1.00 bits per heavy atom. The van der Waals surface area contributed by atoms with Crippen LogP contribution in [-0.4, -0.2) is 25.0 Å². The van der Waals surface area contributed by atoms with Gasteiger partial charge in [-0.05, 0) is 48.4 Å². The van der Waals surface area contributed by atoms with Gasteiger partial charge in [0.15, 0.2) is 0 Å². The molecule has 0 atom stereocenters. The van der Waals surface area contributed by atoms with Crippen molar-refractivity contribution in [2.75, 3.05) is 7.11 Å². The molecule has 0 N–H and O–H groups in total. The van der Waals surface area contributed by atoms with E-state index in [0.717, 1.165) is 15.6 Å². The molecule has 0 aliphatic carbocycles. The highest BCUT2D eigenvalue weighted by atomic mass is 127. The molecule has 6 nitrogen and oxygen atoms in total. The fourth-order valence-electron chi connectivity index (χ4n) is 2.10. The summed E-state index contributed by atoms with van der Waals surface area (Å²) in [6.07, 6.45) is 0. The molecule has 0 heterocycles. The predicted octanol–water partition coefficient (Wildman–Crippen LogP) is 3.78. The lowest BCUT2D eigenvalue weighted by Crippen LogP contribution is -2.21. The number of carbonyl (C=O) groups excluding carboxylic acids is 3. The molecule has 0 saturated heterocycles. The Morgan fingerprint density at radius 3 is 2.19 bits per heavy atom. The molecule has 0 aromatic heterocycles. The van der Waals surface area contributed by atoms with Crippen LogP contribution in [0.4, 0.5) is 0 Å². The van der Waals surface area contributed by atoms with Crippen LogP contribution >= 0.6 is 22.6 Å². The van der Waals surface area contributed by atoms with Crippen molar-refractivity contribution in [2.24, 2.45) is 0 Å². The Hall–Kier alpha value is -2.68. The fourth-order valence-corrected chi connectivity index (χ4v) is 2.57. The van der Waals surface area contributed by atoms with Crippen molar-refractivity contribution < 1.29 is 28.6 Å². The number of rotatable bonds is 6. The first-order chi connectivity index (χ1) is 12.8. The largest absolute Gasteiger partial charge is 0.465 e. The molecule has 0 amide bonds. The van der Waals surface area contributed by atoms with Gasteiger partial charge in [0.2, 0.25) is 0 Å². The molecule has 2 rings (SSSR count). The van der Waals surface area contributed by atoms with Gasteiger partial charge >= 0.3 is 17.9 Å². The maximum absolute atomic E-state index is 12.1. The van der Waals surface area contributed by atoms with Crippen molar-refractivity contribution in [3.8, 4) is 11.5 Å². The van der Waals surface area contributed by atoms with Crippen molar-refractivity contribution in [3.05, 3.63) is 71.3 Å². The van der Waals surface area contributed by atoms with E-state index in [0.29, 0.717) is 11.3 Å². The first-order valence-electron chi connectivity index (χ1n) is 7.83. The van der Waals surface area contributed by atoms with Gasteiger partial charge in [-0.2, -0.15) is 0 Å². The second-order valence-corrected chi connectivity index (χ2v) is 6.27. The molecule has 0 saturated carbocycles. The third kappa shape index (κ3) is 5.40. The minimum atomic E-state index is -0.938. The Labute approximate surface area is 170 Å². The van der Waals surface area contributed by atoms with Gasteiger partial charge < -0.3 is 14.2 Å². The summed E-state index contributed by atoms with van der Waals surface area (Å²) in [6.45, 7) is 5.25. The van der Waals surface area contributed by atoms with Crippen molar-refractivity contribution >= 4 is 40.5 Å². The van der Waals surface area contributed by atoms with Gasteiger partial charge in [-0.3, -0.25) is 0 Å². The molecular formula is C20H17IO6. The highest BCUT2D eigenvalue weighted by molar-refractivity contribution is 14.1. The zero-order valence-corrected chi connectivity index (χ0v) is 16.9. The summed E-state index contributed by atoms with van der Waals surface area (Å²) in [5.74, 6) is -1.83. The van der Waals surface area contributed by atoms with E-state index in [2.05, 4.69) is 33.9 Å². The number of methoxy groups -OCH3 is 1. The number of esters is 3. The van der Waals surface area contributed by atoms with Crippen molar-refractivity contribution in [1.82, 2.24) is 0 Å². The summed E-state index contributed by atoms with van der Waals surface area (Å²) >= 11 is 2.24. The summed E-state index contributed by atoms with van der Waals surface area (Å²) in [7, 11) is 1.27. The Kier molecular flexibility index (Phi) is 7.12. The van der Waals surface area contributed by atoms with Crippen LogP contribution in [0.2, 0.25) is 0 Å². The predicted molar refractivity (Wildman–Crippen MR) is 107 cm³/mol. The number of halogens is 1. The zero-order chi connectivity index (χ0) is 20.0. The Balaban J connectivity index is 2.01. The van der Waals surface area contributed by atoms with Gasteiger partial charge in [-0.15, -0.1) is 0 Å². The van der Waals surface area contributed by atoms with Gasteiger partial charge in [0.25, 0.3) is 0 Å². The van der Waals surface area contributed by atoms with Gasteiger partial charge in [-0.25, -0.2) is 14.4 Å². The zero-order valence-electron chi connectivity index (χ0n) is 14.8. The number of benzene rings is 2. The molecule has 0 aliphatic rings. The van der Waals surface area contributed by atoms with E-state index in [4.69, 9.17) is 9.47 Å². The molecule has 0 aliphatic heterocycles. The number of ether oxygens (including phenoxy) is 3. The first-order valence-corrected chi connectivity index (χ1v) is 9.35. The molecule has 140 valence electrons. The summed E-state index contributed by atoms with van der Waals surface area (Å²) in [4.78, 5) is 35.6. The topological polar surface area (TPSA) is 78.9 Å². The lowest BCUT2D eigenvalue weighted by molar-refractivity contribution is -0.137. The lowest BCUT2D eigenvalue weighted by atomic mass is 10.1. The molecule has 27 heavy (non-hydrogen) atoms. The van der Waals surface area contributed by atoms with E-state index in [1.165, 1.54) is 31.4 Å². The number of aryl methyl sites for hydroxylation is 1. The van der Waals surface area contributed by atoms with Crippen LogP contribution in [0.15, 0.2) is 54.6 Å². The van der Waals surface area contributed by atoms with Crippen LogP contribution in [0.3, 0.4) is 0 Å². The van der Waals surface area contributed by atoms with Crippen LogP contribution in [0, 0.1) is 6.92 Å². The second-order valence-electron chi connectivity index (χ2n) is 5.51. The molecule has 0 radical (unpaired) electrons. The standard InChI is InChI=1S/C20H17IO6/c1-12-10-14(11-21)4-9-17(12)27-19(23)13(2)18(22)26-16-7-5-15(6-8-16)20(24)25-3/h4-10H,2,11H2,1,3H3. The maximum atomic E-state index is 12.1. The van der Waals surface area contributed by atoms with E-state index in [1.807, 2.05) is 19.1 Å². The van der Waals surface area contributed by atoms with Gasteiger partial charge in [0.1, 0.15) is 17.1 Å². The molecule has 0 spiro atoms. The molecule has 0 fully saturated rings. The van der Waals surface area contributed by atoms with E-state index in [-0.39, 0.29) is 5.75 Å². The molecule has 0 unspecified atom stereocenters. The Bertz CT molecular complexity index is 886. The highest BCUT2D eigenvalue weighted by Gasteiger charge is 2.21. The van der Waals surface area contributed by atoms with Crippen LogP contribution in [0.5, 0.6) is 11.5 Å². The van der Waals surface area contributed by atoms with Crippen LogP contribution in [0.1, 0.15) is 21.5 Å². The van der Waals surface area contributed by atoms with E-state index < -0.39 is 23.5 Å². The monoisotopic (exact) mass is 480 g/mol. The smallest absolute Gasteiger partial charge is 0.350 e. The second kappa shape index (κ2) is 9.31. The average Bonchev–Trinajstić information content (AvgIpc) is 2.68. The van der Waals surface area contributed by atoms with Gasteiger partial charge in [0, 0.05) is 4.43 Å². The van der Waals surface area contributed by atoms with E-state index >= 15 is 0 Å². The lowest BCUT2D eigenvalue weighted by Gasteiger charge is -2.10. The maximum Gasteiger partial charge on any atom is 0.350 e. The van der Waals surface area contributed by atoms with E-state index in [9.17, 15) is 14.4 Å². The van der Waals surface area contributed by atoms with Crippen molar-refractivity contribution in [3.63, 3.8) is 0 Å².